The lowest BCUT2D eigenvalue weighted by Crippen LogP contribution is -2.39. The van der Waals surface area contributed by atoms with E-state index in [0.29, 0.717) is 13.2 Å². The molecule has 4 rings (SSSR count). The molecule has 0 fully saturated rings. The van der Waals surface area contributed by atoms with Crippen LogP contribution in [0.2, 0.25) is 0 Å². The van der Waals surface area contributed by atoms with E-state index in [0.717, 1.165) is 48.8 Å². The summed E-state index contributed by atoms with van der Waals surface area (Å²) >= 11 is 0. The topological polar surface area (TPSA) is 81.1 Å². The Labute approximate surface area is 134 Å². The van der Waals surface area contributed by atoms with Gasteiger partial charge in [0.2, 0.25) is 0 Å². The number of ether oxygens (including phenoxy) is 1. The molecule has 120 valence electrons. The number of hydrogen-bond donors (Lipinski definition) is 2. The first-order valence-corrected chi connectivity index (χ1v) is 7.98. The van der Waals surface area contributed by atoms with Gasteiger partial charge in [0, 0.05) is 24.9 Å². The van der Waals surface area contributed by atoms with Crippen LogP contribution in [-0.2, 0) is 19.5 Å². The van der Waals surface area contributed by atoms with Crippen LogP contribution in [0.25, 0.3) is 0 Å². The van der Waals surface area contributed by atoms with E-state index >= 15 is 0 Å². The van der Waals surface area contributed by atoms with E-state index in [-0.39, 0.29) is 12.1 Å². The number of carbonyl (C=O) groups is 1. The normalized spacial score (nSPS) is 18.7. The quantitative estimate of drug-likeness (QED) is 0.901. The fraction of sp³-hybridized carbons (Fsp3) is 0.438. The van der Waals surface area contributed by atoms with E-state index < -0.39 is 0 Å². The van der Waals surface area contributed by atoms with Crippen molar-refractivity contribution < 1.29 is 9.53 Å². The number of nitrogens with one attached hydrogen (secondary N) is 2. The van der Waals surface area contributed by atoms with Gasteiger partial charge < -0.3 is 19.9 Å². The summed E-state index contributed by atoms with van der Waals surface area (Å²) in [6.07, 6.45) is 2.84. The number of hydrogen-bond acceptors (Lipinski definition) is 4. The third-order valence-electron chi connectivity index (χ3n) is 4.36. The molecule has 0 radical (unpaired) electrons. The molecule has 2 amide bonds. The Kier molecular flexibility index (Phi) is 3.61. The molecule has 2 N–H and O–H groups in total. The fourth-order valence-electron chi connectivity index (χ4n) is 3.20. The van der Waals surface area contributed by atoms with Crippen LogP contribution in [0.3, 0.4) is 0 Å². The van der Waals surface area contributed by atoms with Crippen LogP contribution in [0.15, 0.2) is 24.3 Å². The third kappa shape index (κ3) is 2.74. The number of fused-ring (bicyclic) bond motifs is 2. The molecule has 7 nitrogen and oxygen atoms in total. The van der Waals surface area contributed by atoms with Gasteiger partial charge in [-0.05, 0) is 12.5 Å². The molecular formula is C16H19N5O2. The summed E-state index contributed by atoms with van der Waals surface area (Å²) in [6, 6.07) is 7.60. The van der Waals surface area contributed by atoms with Crippen LogP contribution >= 0.6 is 0 Å². The van der Waals surface area contributed by atoms with E-state index in [2.05, 4.69) is 25.4 Å². The SMILES string of the molecule is O=C(NCc1nnc2n1CCC2)N[C@H]1CCOc2ccccc21. The Morgan fingerprint density at radius 3 is 3.22 bits per heavy atom. The lowest BCUT2D eigenvalue weighted by molar-refractivity contribution is 0.223. The number of rotatable bonds is 3. The number of para-hydroxylation sites is 1. The summed E-state index contributed by atoms with van der Waals surface area (Å²) in [5.74, 6) is 2.68. The van der Waals surface area contributed by atoms with Crippen molar-refractivity contribution in [2.75, 3.05) is 6.61 Å². The van der Waals surface area contributed by atoms with Crippen LogP contribution in [0.4, 0.5) is 4.79 Å². The zero-order valence-corrected chi connectivity index (χ0v) is 12.8. The molecule has 0 spiro atoms. The van der Waals surface area contributed by atoms with Gasteiger partial charge in [0.1, 0.15) is 11.6 Å². The minimum Gasteiger partial charge on any atom is -0.493 e. The molecule has 0 saturated heterocycles. The third-order valence-corrected chi connectivity index (χ3v) is 4.36. The van der Waals surface area contributed by atoms with Gasteiger partial charge in [0.05, 0.1) is 19.2 Å². The predicted molar refractivity (Wildman–Crippen MR) is 83.0 cm³/mol. The van der Waals surface area contributed by atoms with Gasteiger partial charge in [-0.15, -0.1) is 10.2 Å². The zero-order valence-electron chi connectivity index (χ0n) is 12.8. The van der Waals surface area contributed by atoms with Crippen molar-refractivity contribution in [1.29, 1.82) is 0 Å². The van der Waals surface area contributed by atoms with Crippen molar-refractivity contribution >= 4 is 6.03 Å². The average Bonchev–Trinajstić information content (AvgIpc) is 3.17. The first-order chi connectivity index (χ1) is 11.3. The lowest BCUT2D eigenvalue weighted by atomic mass is 10.0. The summed E-state index contributed by atoms with van der Waals surface area (Å²) in [5.41, 5.74) is 1.03. The molecule has 2 aromatic rings. The van der Waals surface area contributed by atoms with Crippen molar-refractivity contribution in [2.45, 2.75) is 38.4 Å². The van der Waals surface area contributed by atoms with Gasteiger partial charge in [-0.25, -0.2) is 4.79 Å². The van der Waals surface area contributed by atoms with Crippen molar-refractivity contribution in [1.82, 2.24) is 25.4 Å². The summed E-state index contributed by atoms with van der Waals surface area (Å²) in [5, 5.41) is 14.2. The second-order valence-electron chi connectivity index (χ2n) is 5.84. The highest BCUT2D eigenvalue weighted by atomic mass is 16.5. The molecule has 7 heteroatoms. The fourth-order valence-corrected chi connectivity index (χ4v) is 3.20. The zero-order chi connectivity index (χ0) is 15.6. The Hall–Kier alpha value is -2.57. The number of amides is 2. The van der Waals surface area contributed by atoms with Crippen LogP contribution in [0, 0.1) is 0 Å². The standard InChI is InChI=1S/C16H19N5O2/c22-16(17-10-15-20-19-14-6-3-8-21(14)15)18-12-7-9-23-13-5-2-1-4-11(12)13/h1-2,4-5,12H,3,6-10H2,(H2,17,18,22)/t12-/m0/s1. The first kappa shape index (κ1) is 14.0. The molecule has 0 aliphatic carbocycles. The highest BCUT2D eigenvalue weighted by molar-refractivity contribution is 5.74. The summed E-state index contributed by atoms with van der Waals surface area (Å²) in [6.45, 7) is 1.94. The molecular weight excluding hydrogens is 294 g/mol. The summed E-state index contributed by atoms with van der Waals surface area (Å²) in [4.78, 5) is 12.2. The van der Waals surface area contributed by atoms with Gasteiger partial charge in [-0.2, -0.15) is 0 Å². The smallest absolute Gasteiger partial charge is 0.315 e. The molecule has 3 heterocycles. The maximum absolute atomic E-state index is 12.2. The van der Waals surface area contributed by atoms with Crippen molar-refractivity contribution in [3.05, 3.63) is 41.5 Å². The van der Waals surface area contributed by atoms with Gasteiger partial charge in [-0.1, -0.05) is 18.2 Å². The maximum Gasteiger partial charge on any atom is 0.315 e. The predicted octanol–water partition coefficient (Wildman–Crippen LogP) is 1.55. The molecule has 2 aliphatic heterocycles. The van der Waals surface area contributed by atoms with E-state index in [9.17, 15) is 4.79 Å². The van der Waals surface area contributed by atoms with Crippen LogP contribution < -0.4 is 15.4 Å². The molecule has 0 unspecified atom stereocenters. The van der Waals surface area contributed by atoms with E-state index in [4.69, 9.17) is 4.74 Å². The minimum absolute atomic E-state index is 0.0240. The van der Waals surface area contributed by atoms with E-state index in [1.165, 1.54) is 0 Å². The monoisotopic (exact) mass is 313 g/mol. The molecule has 1 aromatic carbocycles. The Bertz CT molecular complexity index is 727. The highest BCUT2D eigenvalue weighted by Gasteiger charge is 2.23. The van der Waals surface area contributed by atoms with E-state index in [1.54, 1.807) is 0 Å². The number of aryl methyl sites for hydroxylation is 1. The molecule has 0 bridgehead atoms. The molecule has 0 saturated carbocycles. The Balaban J connectivity index is 1.37. The van der Waals surface area contributed by atoms with Crippen LogP contribution in [0.1, 0.15) is 36.1 Å². The number of nitrogens with zero attached hydrogens (tertiary/aromatic N) is 3. The summed E-state index contributed by atoms with van der Waals surface area (Å²) in [7, 11) is 0. The molecule has 1 atom stereocenters. The largest absolute Gasteiger partial charge is 0.493 e. The van der Waals surface area contributed by atoms with Crippen molar-refractivity contribution in [3.8, 4) is 5.75 Å². The number of benzene rings is 1. The van der Waals surface area contributed by atoms with Crippen molar-refractivity contribution in [3.63, 3.8) is 0 Å². The van der Waals surface area contributed by atoms with Crippen molar-refractivity contribution in [2.24, 2.45) is 0 Å². The van der Waals surface area contributed by atoms with Crippen LogP contribution in [-0.4, -0.2) is 27.4 Å². The second kappa shape index (κ2) is 5.91. The molecule has 1 aromatic heterocycles. The van der Waals surface area contributed by atoms with Gasteiger partial charge >= 0.3 is 6.03 Å². The number of carbonyl (C=O) groups excluding carboxylic acids is 1. The van der Waals surface area contributed by atoms with E-state index in [1.807, 2.05) is 24.3 Å². The number of aromatic nitrogens is 3. The minimum atomic E-state index is -0.193. The molecule has 2 aliphatic rings. The summed E-state index contributed by atoms with van der Waals surface area (Å²) < 4.78 is 7.70. The first-order valence-electron chi connectivity index (χ1n) is 7.98. The second-order valence-corrected chi connectivity index (χ2v) is 5.84. The lowest BCUT2D eigenvalue weighted by Gasteiger charge is -2.26. The molecule has 23 heavy (non-hydrogen) atoms. The van der Waals surface area contributed by atoms with Gasteiger partial charge in [0.15, 0.2) is 5.82 Å². The number of urea groups is 1. The highest BCUT2D eigenvalue weighted by Crippen LogP contribution is 2.31. The van der Waals surface area contributed by atoms with Crippen LogP contribution in [0.5, 0.6) is 5.75 Å². The van der Waals surface area contributed by atoms with Gasteiger partial charge in [-0.3, -0.25) is 0 Å². The average molecular weight is 313 g/mol. The Morgan fingerprint density at radius 1 is 1.35 bits per heavy atom. The van der Waals surface area contributed by atoms with Gasteiger partial charge in [0.25, 0.3) is 0 Å². The maximum atomic E-state index is 12.2. The Morgan fingerprint density at radius 2 is 2.26 bits per heavy atom.